The number of hydrogen-bond donors (Lipinski definition) is 0. The molecule has 19 heavy (non-hydrogen) atoms. The average Bonchev–Trinajstić information content (AvgIpc) is 3.03. The lowest BCUT2D eigenvalue weighted by Crippen LogP contribution is -2.31. The predicted molar refractivity (Wildman–Crippen MR) is 73.5 cm³/mol. The monoisotopic (exact) mass is 279 g/mol. The first-order chi connectivity index (χ1) is 9.29. The van der Waals surface area contributed by atoms with Gasteiger partial charge in [-0.3, -0.25) is 4.84 Å². The van der Waals surface area contributed by atoms with Crippen molar-refractivity contribution in [2.45, 2.75) is 18.7 Å². The second kappa shape index (κ2) is 5.53. The molecule has 102 valence electrons. The third-order valence-corrected chi connectivity index (χ3v) is 4.91. The highest BCUT2D eigenvalue weighted by Crippen LogP contribution is 2.39. The summed E-state index contributed by atoms with van der Waals surface area (Å²) >= 11 is 1.88. The normalized spacial score (nSPS) is 30.3. The fourth-order valence-electron chi connectivity index (χ4n) is 2.70. The fourth-order valence-corrected chi connectivity index (χ4v) is 4.16. The van der Waals surface area contributed by atoms with Gasteiger partial charge in [0.25, 0.3) is 0 Å². The summed E-state index contributed by atoms with van der Waals surface area (Å²) in [6.45, 7) is 0.718. The zero-order valence-corrected chi connectivity index (χ0v) is 11.6. The van der Waals surface area contributed by atoms with Crippen LogP contribution in [0.3, 0.4) is 0 Å². The van der Waals surface area contributed by atoms with Crippen molar-refractivity contribution in [2.24, 2.45) is 5.92 Å². The first-order valence-electron chi connectivity index (χ1n) is 6.42. The van der Waals surface area contributed by atoms with Crippen molar-refractivity contribution in [3.8, 4) is 0 Å². The highest BCUT2D eigenvalue weighted by molar-refractivity contribution is 7.99. The topological polar surface area (TPSA) is 38.8 Å². The Hall–Kier alpha value is -1.04. The summed E-state index contributed by atoms with van der Waals surface area (Å²) in [7, 11) is 1.42. The van der Waals surface area contributed by atoms with Crippen molar-refractivity contribution in [1.82, 2.24) is 5.06 Å². The van der Waals surface area contributed by atoms with E-state index in [4.69, 9.17) is 9.57 Å². The lowest BCUT2D eigenvalue weighted by Gasteiger charge is -2.20. The molecular formula is C14H17NO3S. The molecule has 3 rings (SSSR count). The molecule has 0 unspecified atom stereocenters. The molecule has 2 aliphatic rings. The smallest absolute Gasteiger partial charge is 0.337 e. The molecule has 0 amide bonds. The number of methoxy groups -OCH3 is 1. The summed E-state index contributed by atoms with van der Waals surface area (Å²) in [5.41, 5.74) is 1.20. The number of fused-ring (bicyclic) bond motifs is 1. The van der Waals surface area contributed by atoms with E-state index >= 15 is 0 Å². The molecule has 2 heterocycles. The van der Waals surface area contributed by atoms with Gasteiger partial charge in [0, 0.05) is 24.0 Å². The third kappa shape index (κ3) is 2.50. The number of rotatable bonds is 3. The van der Waals surface area contributed by atoms with Gasteiger partial charge >= 0.3 is 5.97 Å². The maximum Gasteiger partial charge on any atom is 0.337 e. The first-order valence-corrected chi connectivity index (χ1v) is 7.58. The molecule has 1 aromatic rings. The lowest BCUT2D eigenvalue weighted by atomic mass is 9.98. The Morgan fingerprint density at radius 2 is 2.21 bits per heavy atom. The number of nitrogens with zero attached hydrogens (tertiary/aromatic N) is 1. The maximum atomic E-state index is 11.8. The minimum Gasteiger partial charge on any atom is -0.467 e. The molecular weight excluding hydrogens is 262 g/mol. The van der Waals surface area contributed by atoms with E-state index in [2.05, 4.69) is 12.1 Å². The van der Waals surface area contributed by atoms with Crippen LogP contribution in [0.15, 0.2) is 30.3 Å². The van der Waals surface area contributed by atoms with Crippen LogP contribution in [0.5, 0.6) is 0 Å². The van der Waals surface area contributed by atoms with E-state index in [1.807, 2.05) is 35.0 Å². The van der Waals surface area contributed by atoms with Crippen LogP contribution in [-0.4, -0.2) is 41.8 Å². The van der Waals surface area contributed by atoms with Crippen molar-refractivity contribution in [1.29, 1.82) is 0 Å². The summed E-state index contributed by atoms with van der Waals surface area (Å²) < 4.78 is 4.84. The quantitative estimate of drug-likeness (QED) is 0.788. The minimum absolute atomic E-state index is 0.251. The molecule has 4 nitrogen and oxygen atoms in total. The zero-order valence-electron chi connectivity index (χ0n) is 10.8. The van der Waals surface area contributed by atoms with E-state index < -0.39 is 6.10 Å². The summed E-state index contributed by atoms with van der Waals surface area (Å²) in [5, 5.41) is 1.96. The molecule has 0 saturated carbocycles. The van der Waals surface area contributed by atoms with Crippen molar-refractivity contribution in [3.05, 3.63) is 35.9 Å². The summed E-state index contributed by atoms with van der Waals surface area (Å²) in [5.74, 6) is 1.98. The molecule has 5 heteroatoms. The van der Waals surface area contributed by atoms with Gasteiger partial charge < -0.3 is 4.74 Å². The van der Waals surface area contributed by atoms with E-state index in [1.54, 1.807) is 0 Å². The van der Waals surface area contributed by atoms with Gasteiger partial charge in [0.1, 0.15) is 0 Å². The van der Waals surface area contributed by atoms with Crippen LogP contribution >= 0.6 is 11.8 Å². The summed E-state index contributed by atoms with van der Waals surface area (Å²) in [6, 6.07) is 10.5. The average molecular weight is 279 g/mol. The molecule has 2 aliphatic heterocycles. The Morgan fingerprint density at radius 1 is 1.42 bits per heavy atom. The van der Waals surface area contributed by atoms with Crippen LogP contribution in [0.1, 0.15) is 5.56 Å². The minimum atomic E-state index is -0.436. The van der Waals surface area contributed by atoms with E-state index in [9.17, 15) is 4.79 Å². The molecule has 1 aromatic carbocycles. The molecule has 0 spiro atoms. The Balaban J connectivity index is 1.74. The number of carbonyl (C=O) groups is 1. The van der Waals surface area contributed by atoms with E-state index in [1.165, 1.54) is 12.7 Å². The molecule has 0 N–H and O–H groups in total. The Bertz CT molecular complexity index is 453. The molecule has 0 radical (unpaired) electrons. The summed E-state index contributed by atoms with van der Waals surface area (Å²) in [4.78, 5) is 17.6. The summed E-state index contributed by atoms with van der Waals surface area (Å²) in [6.07, 6.45) is -0.436. The first kappa shape index (κ1) is 13.0. The van der Waals surface area contributed by atoms with Crippen LogP contribution in [-0.2, 0) is 20.9 Å². The van der Waals surface area contributed by atoms with E-state index in [0.717, 1.165) is 18.1 Å². The Morgan fingerprint density at radius 3 is 2.95 bits per heavy atom. The molecule has 0 bridgehead atoms. The van der Waals surface area contributed by atoms with Gasteiger partial charge in [0.2, 0.25) is 0 Å². The van der Waals surface area contributed by atoms with Gasteiger partial charge in [-0.1, -0.05) is 30.3 Å². The van der Waals surface area contributed by atoms with Crippen LogP contribution in [0.2, 0.25) is 0 Å². The lowest BCUT2D eigenvalue weighted by molar-refractivity contribution is -0.190. The number of esters is 1. The molecule has 0 aliphatic carbocycles. The number of ether oxygens (including phenoxy) is 1. The largest absolute Gasteiger partial charge is 0.467 e. The zero-order chi connectivity index (χ0) is 13.2. The van der Waals surface area contributed by atoms with Gasteiger partial charge in [-0.25, -0.2) is 4.79 Å². The number of hydrogen-bond acceptors (Lipinski definition) is 5. The van der Waals surface area contributed by atoms with Crippen LogP contribution in [0, 0.1) is 5.92 Å². The third-order valence-electron chi connectivity index (χ3n) is 3.72. The van der Waals surface area contributed by atoms with Gasteiger partial charge in [-0.05, 0) is 5.56 Å². The second-order valence-electron chi connectivity index (χ2n) is 4.88. The SMILES string of the molecule is COC(=O)[C@H]1ON(Cc2ccccc2)[C@@H]2CSC[C@H]12. The molecule has 0 aromatic heterocycles. The van der Waals surface area contributed by atoms with Crippen molar-refractivity contribution in [2.75, 3.05) is 18.6 Å². The molecule has 2 fully saturated rings. The van der Waals surface area contributed by atoms with E-state index in [0.29, 0.717) is 6.04 Å². The number of benzene rings is 1. The standard InChI is InChI=1S/C14H17NO3S/c1-17-14(16)13-11-8-19-9-12(11)15(18-13)7-10-5-3-2-4-6-10/h2-6,11-13H,7-9H2,1H3/t11-,12+,13-/m0/s1. The predicted octanol–water partition coefficient (Wildman–Crippen LogP) is 1.71. The molecule has 2 saturated heterocycles. The van der Waals surface area contributed by atoms with Crippen molar-refractivity contribution < 1.29 is 14.4 Å². The van der Waals surface area contributed by atoms with Crippen LogP contribution in [0.4, 0.5) is 0 Å². The Labute approximate surface area is 117 Å². The van der Waals surface area contributed by atoms with Gasteiger partial charge in [0.05, 0.1) is 13.2 Å². The van der Waals surface area contributed by atoms with Crippen molar-refractivity contribution >= 4 is 17.7 Å². The van der Waals surface area contributed by atoms with Crippen LogP contribution in [0.25, 0.3) is 0 Å². The van der Waals surface area contributed by atoms with Gasteiger partial charge in [-0.2, -0.15) is 16.8 Å². The van der Waals surface area contributed by atoms with Crippen molar-refractivity contribution in [3.63, 3.8) is 0 Å². The highest BCUT2D eigenvalue weighted by atomic mass is 32.2. The van der Waals surface area contributed by atoms with Crippen LogP contribution < -0.4 is 0 Å². The number of carbonyl (C=O) groups excluding carboxylic acids is 1. The fraction of sp³-hybridized carbons (Fsp3) is 0.500. The van der Waals surface area contributed by atoms with Gasteiger partial charge in [0.15, 0.2) is 6.10 Å². The molecule has 3 atom stereocenters. The Kier molecular flexibility index (Phi) is 3.77. The number of hydroxylamine groups is 2. The maximum absolute atomic E-state index is 11.8. The van der Waals surface area contributed by atoms with Gasteiger partial charge in [-0.15, -0.1) is 0 Å². The van der Waals surface area contributed by atoms with E-state index in [-0.39, 0.29) is 11.9 Å². The number of thioether (sulfide) groups is 1. The second-order valence-corrected chi connectivity index (χ2v) is 5.95. The highest BCUT2D eigenvalue weighted by Gasteiger charge is 2.50.